The first-order chi connectivity index (χ1) is 12.7. The van der Waals surface area contributed by atoms with Gasteiger partial charge in [0.15, 0.2) is 8.32 Å². The van der Waals surface area contributed by atoms with E-state index >= 15 is 0 Å². The second kappa shape index (κ2) is 8.21. The lowest BCUT2D eigenvalue weighted by atomic mass is 9.99. The predicted molar refractivity (Wildman–Crippen MR) is 122 cm³/mol. The molecular weight excluding hydrogens is 386 g/mol. The highest BCUT2D eigenvalue weighted by atomic mass is 32.2. The van der Waals surface area contributed by atoms with E-state index in [0.29, 0.717) is 6.54 Å². The molecule has 1 aliphatic rings. The van der Waals surface area contributed by atoms with Crippen LogP contribution in [-0.2, 0) is 15.4 Å². The van der Waals surface area contributed by atoms with Gasteiger partial charge in [0.25, 0.3) is 0 Å². The Hall–Kier alpha value is -0.693. The van der Waals surface area contributed by atoms with Gasteiger partial charge in [0.05, 0.1) is 24.0 Å². The maximum absolute atomic E-state index is 13.4. The van der Waals surface area contributed by atoms with Crippen LogP contribution >= 0.6 is 0 Å². The highest BCUT2D eigenvalue weighted by molar-refractivity contribution is 7.84. The molecule has 0 unspecified atom stereocenters. The number of hydrogen-bond acceptors (Lipinski definition) is 3. The lowest BCUT2D eigenvalue weighted by molar-refractivity contribution is 0.193. The molecule has 4 nitrogen and oxygen atoms in total. The average Bonchev–Trinajstić information content (AvgIpc) is 2.95. The van der Waals surface area contributed by atoms with Gasteiger partial charge >= 0.3 is 0 Å². The van der Waals surface area contributed by atoms with Gasteiger partial charge in [-0.2, -0.15) is 0 Å². The van der Waals surface area contributed by atoms with Crippen LogP contribution in [0.3, 0.4) is 0 Å². The zero-order valence-electron chi connectivity index (χ0n) is 19.4. The van der Waals surface area contributed by atoms with Gasteiger partial charge < -0.3 is 9.16 Å². The number of ether oxygens (including phenoxy) is 1. The van der Waals surface area contributed by atoms with Gasteiger partial charge in [0, 0.05) is 6.54 Å². The normalized spacial score (nSPS) is 23.1. The highest BCUT2D eigenvalue weighted by Crippen LogP contribution is 2.44. The molecule has 1 heterocycles. The summed E-state index contributed by atoms with van der Waals surface area (Å²) in [4.78, 5) is 0. The van der Waals surface area contributed by atoms with E-state index < -0.39 is 19.3 Å². The second-order valence-corrected chi connectivity index (χ2v) is 17.3. The Balaban J connectivity index is 2.40. The van der Waals surface area contributed by atoms with Crippen LogP contribution in [0.4, 0.5) is 0 Å². The minimum atomic E-state index is -1.89. The number of hydrogen-bond donors (Lipinski definition) is 0. The van der Waals surface area contributed by atoms with Crippen molar-refractivity contribution in [3.05, 3.63) is 29.3 Å². The zero-order valence-corrected chi connectivity index (χ0v) is 21.2. The van der Waals surface area contributed by atoms with Crippen molar-refractivity contribution in [2.24, 2.45) is 0 Å². The van der Waals surface area contributed by atoms with Crippen molar-refractivity contribution >= 4 is 19.3 Å². The van der Waals surface area contributed by atoms with E-state index in [-0.39, 0.29) is 21.9 Å². The van der Waals surface area contributed by atoms with E-state index in [1.54, 1.807) is 7.11 Å². The van der Waals surface area contributed by atoms with Crippen molar-refractivity contribution in [2.75, 3.05) is 13.7 Å². The molecule has 160 valence electrons. The molecule has 0 amide bonds. The van der Waals surface area contributed by atoms with Crippen LogP contribution in [0.1, 0.15) is 65.1 Å². The SMILES string of the molecule is COc1cccc([C@@H]2C[C@@H](O[Si](C)(C)C(C)(C)C)CN2[S@@](=O)C(C)(C)C)c1C. The molecule has 0 bridgehead atoms. The van der Waals surface area contributed by atoms with E-state index in [4.69, 9.17) is 9.16 Å². The molecule has 1 aliphatic heterocycles. The van der Waals surface area contributed by atoms with Crippen molar-refractivity contribution in [3.8, 4) is 5.75 Å². The van der Waals surface area contributed by atoms with Gasteiger partial charge in [0.1, 0.15) is 16.7 Å². The quantitative estimate of drug-likeness (QED) is 0.576. The third-order valence-electron chi connectivity index (χ3n) is 6.13. The van der Waals surface area contributed by atoms with Crippen molar-refractivity contribution in [1.82, 2.24) is 4.31 Å². The number of nitrogens with zero attached hydrogens (tertiary/aromatic N) is 1. The van der Waals surface area contributed by atoms with Gasteiger partial charge in [-0.25, -0.2) is 8.51 Å². The topological polar surface area (TPSA) is 38.8 Å². The van der Waals surface area contributed by atoms with E-state index in [1.165, 1.54) is 5.56 Å². The van der Waals surface area contributed by atoms with Crippen LogP contribution in [0.5, 0.6) is 5.75 Å². The van der Waals surface area contributed by atoms with Crippen molar-refractivity contribution < 1.29 is 13.4 Å². The lowest BCUT2D eigenvalue weighted by Crippen LogP contribution is -2.45. The zero-order chi connectivity index (χ0) is 21.5. The maximum atomic E-state index is 13.4. The standard InChI is InChI=1S/C22H39NO3SSi/c1-16-18(12-11-13-20(16)25-8)19-14-17(26-28(9,10)22(5,6)7)15-23(19)27(24)21(2,3)4/h11-13,17,19H,14-15H2,1-10H3/t17-,19+,27+/m1/s1. The lowest BCUT2D eigenvalue weighted by Gasteiger charge is -2.38. The van der Waals surface area contributed by atoms with Crippen LogP contribution < -0.4 is 4.74 Å². The summed E-state index contributed by atoms with van der Waals surface area (Å²) < 4.78 is 27.5. The molecule has 0 spiro atoms. The molecule has 3 atom stereocenters. The monoisotopic (exact) mass is 425 g/mol. The molecule has 2 rings (SSSR count). The van der Waals surface area contributed by atoms with E-state index in [9.17, 15) is 4.21 Å². The summed E-state index contributed by atoms with van der Waals surface area (Å²) in [5.74, 6) is 0.882. The first-order valence-electron chi connectivity index (χ1n) is 10.2. The predicted octanol–water partition coefficient (Wildman–Crippen LogP) is 5.60. The molecule has 0 radical (unpaired) electrons. The molecule has 28 heavy (non-hydrogen) atoms. The molecule has 0 N–H and O–H groups in total. The number of methoxy groups -OCH3 is 1. The minimum absolute atomic E-state index is 0.0740. The van der Waals surface area contributed by atoms with Crippen LogP contribution in [0.25, 0.3) is 0 Å². The maximum Gasteiger partial charge on any atom is 0.192 e. The fourth-order valence-corrected chi connectivity index (χ4v) is 6.27. The summed E-state index contributed by atoms with van der Waals surface area (Å²) in [6.45, 7) is 20.3. The van der Waals surface area contributed by atoms with Gasteiger partial charge in [-0.05, 0) is 69.4 Å². The molecule has 1 aromatic rings. The summed E-state index contributed by atoms with van der Waals surface area (Å²) in [5.41, 5.74) is 2.32. The van der Waals surface area contributed by atoms with Crippen LogP contribution in [0.2, 0.25) is 18.1 Å². The molecule has 0 aliphatic carbocycles. The van der Waals surface area contributed by atoms with Gasteiger partial charge in [-0.15, -0.1) is 0 Å². The Labute approximate surface area is 175 Å². The van der Waals surface area contributed by atoms with Crippen LogP contribution in [0.15, 0.2) is 18.2 Å². The fourth-order valence-electron chi connectivity index (χ4n) is 3.48. The number of rotatable bonds is 5. The summed E-state index contributed by atoms with van der Waals surface area (Å²) in [6.07, 6.45) is 0.963. The number of benzene rings is 1. The molecular formula is C22H39NO3SSi. The Kier molecular flexibility index (Phi) is 6.91. The Morgan fingerprint density at radius 2 is 1.75 bits per heavy atom. The first-order valence-corrected chi connectivity index (χ1v) is 14.2. The van der Waals surface area contributed by atoms with Crippen molar-refractivity contribution in [2.45, 2.75) is 89.9 Å². The van der Waals surface area contributed by atoms with Gasteiger partial charge in [-0.1, -0.05) is 32.9 Å². The fraction of sp³-hybridized carbons (Fsp3) is 0.727. The van der Waals surface area contributed by atoms with E-state index in [2.05, 4.69) is 51.2 Å². The first kappa shape index (κ1) is 23.6. The molecule has 0 saturated carbocycles. The van der Waals surface area contributed by atoms with Crippen LogP contribution in [-0.4, -0.2) is 41.3 Å². The molecule has 1 fully saturated rings. The Morgan fingerprint density at radius 3 is 2.25 bits per heavy atom. The molecule has 1 saturated heterocycles. The largest absolute Gasteiger partial charge is 0.496 e. The molecule has 1 aromatic carbocycles. The third-order valence-corrected chi connectivity index (χ3v) is 12.5. The third kappa shape index (κ3) is 4.89. The smallest absolute Gasteiger partial charge is 0.192 e. The van der Waals surface area contributed by atoms with Gasteiger partial charge in [-0.3, -0.25) is 0 Å². The Morgan fingerprint density at radius 1 is 1.14 bits per heavy atom. The molecule has 6 heteroatoms. The Bertz CT molecular complexity index is 721. The van der Waals surface area contributed by atoms with E-state index in [0.717, 1.165) is 17.7 Å². The summed E-state index contributed by atoms with van der Waals surface area (Å²) >= 11 is 0. The van der Waals surface area contributed by atoms with E-state index in [1.807, 2.05) is 32.9 Å². The molecule has 0 aromatic heterocycles. The average molecular weight is 426 g/mol. The van der Waals surface area contributed by atoms with Gasteiger partial charge in [0.2, 0.25) is 0 Å². The second-order valence-electron chi connectivity index (χ2n) is 10.4. The van der Waals surface area contributed by atoms with Crippen molar-refractivity contribution in [3.63, 3.8) is 0 Å². The summed E-state index contributed by atoms with van der Waals surface area (Å²) in [5, 5.41) is 0.158. The van der Waals surface area contributed by atoms with Crippen molar-refractivity contribution in [1.29, 1.82) is 0 Å². The summed E-state index contributed by atoms with van der Waals surface area (Å²) in [6, 6.07) is 6.23. The summed E-state index contributed by atoms with van der Waals surface area (Å²) in [7, 11) is -1.29. The minimum Gasteiger partial charge on any atom is -0.496 e. The highest BCUT2D eigenvalue weighted by Gasteiger charge is 2.45. The van der Waals surface area contributed by atoms with Crippen LogP contribution in [0, 0.1) is 6.92 Å².